The van der Waals surface area contributed by atoms with Gasteiger partial charge in [0, 0.05) is 6.04 Å². The van der Waals surface area contributed by atoms with Gasteiger partial charge in [0.05, 0.1) is 0 Å². The summed E-state index contributed by atoms with van der Waals surface area (Å²) in [4.78, 5) is 0. The SMILES string of the molecule is CCNC(C)c1ccc(OCc2ccc(O)cc2)c(F)c1. The number of halogens is 1. The maximum atomic E-state index is 14.0. The van der Waals surface area contributed by atoms with Crippen LogP contribution >= 0.6 is 0 Å². The molecule has 2 N–H and O–H groups in total. The highest BCUT2D eigenvalue weighted by atomic mass is 19.1. The predicted octanol–water partition coefficient (Wildman–Crippen LogP) is 3.78. The van der Waals surface area contributed by atoms with Crippen LogP contribution in [0.1, 0.15) is 31.0 Å². The minimum atomic E-state index is -0.365. The van der Waals surface area contributed by atoms with Crippen LogP contribution in [0.5, 0.6) is 11.5 Å². The Morgan fingerprint density at radius 2 is 1.90 bits per heavy atom. The van der Waals surface area contributed by atoms with Crippen LogP contribution in [0.3, 0.4) is 0 Å². The van der Waals surface area contributed by atoms with E-state index in [0.29, 0.717) is 0 Å². The first-order valence-corrected chi connectivity index (χ1v) is 7.03. The van der Waals surface area contributed by atoms with Gasteiger partial charge < -0.3 is 15.2 Å². The smallest absolute Gasteiger partial charge is 0.165 e. The topological polar surface area (TPSA) is 41.5 Å². The van der Waals surface area contributed by atoms with Crippen molar-refractivity contribution >= 4 is 0 Å². The fourth-order valence-electron chi connectivity index (χ4n) is 2.08. The summed E-state index contributed by atoms with van der Waals surface area (Å²) >= 11 is 0. The third-order valence-electron chi connectivity index (χ3n) is 3.30. The fraction of sp³-hybridized carbons (Fsp3) is 0.294. The molecule has 2 aromatic carbocycles. The van der Waals surface area contributed by atoms with E-state index in [-0.39, 0.29) is 30.0 Å². The van der Waals surface area contributed by atoms with E-state index in [0.717, 1.165) is 17.7 Å². The van der Waals surface area contributed by atoms with Crippen LogP contribution in [-0.4, -0.2) is 11.7 Å². The molecule has 1 unspecified atom stereocenters. The molecule has 2 aromatic rings. The number of benzene rings is 2. The molecule has 3 nitrogen and oxygen atoms in total. The average molecular weight is 289 g/mol. The molecule has 112 valence electrons. The molecule has 0 spiro atoms. The first-order chi connectivity index (χ1) is 10.1. The summed E-state index contributed by atoms with van der Waals surface area (Å²) < 4.78 is 19.5. The van der Waals surface area contributed by atoms with Crippen molar-refractivity contribution in [3.8, 4) is 11.5 Å². The molecule has 0 aromatic heterocycles. The maximum absolute atomic E-state index is 14.0. The van der Waals surface area contributed by atoms with Crippen molar-refractivity contribution in [1.29, 1.82) is 0 Å². The zero-order chi connectivity index (χ0) is 15.2. The highest BCUT2D eigenvalue weighted by molar-refractivity contribution is 5.31. The van der Waals surface area contributed by atoms with Crippen molar-refractivity contribution in [2.45, 2.75) is 26.5 Å². The second-order valence-electron chi connectivity index (χ2n) is 4.92. The van der Waals surface area contributed by atoms with Crippen LogP contribution in [0.4, 0.5) is 4.39 Å². The fourth-order valence-corrected chi connectivity index (χ4v) is 2.08. The standard InChI is InChI=1S/C17H20FNO2/c1-3-19-12(2)14-6-9-17(16(18)10-14)21-11-13-4-7-15(20)8-5-13/h4-10,12,19-20H,3,11H2,1-2H3. The van der Waals surface area contributed by atoms with E-state index in [4.69, 9.17) is 4.74 Å². The summed E-state index contributed by atoms with van der Waals surface area (Å²) in [6.45, 7) is 5.11. The number of aromatic hydroxyl groups is 1. The quantitative estimate of drug-likeness (QED) is 0.850. The molecule has 0 aliphatic heterocycles. The van der Waals surface area contributed by atoms with Crippen molar-refractivity contribution in [2.24, 2.45) is 0 Å². The molecule has 21 heavy (non-hydrogen) atoms. The zero-order valence-electron chi connectivity index (χ0n) is 12.3. The van der Waals surface area contributed by atoms with E-state index in [1.165, 1.54) is 6.07 Å². The molecule has 0 radical (unpaired) electrons. The van der Waals surface area contributed by atoms with Crippen LogP contribution in [0, 0.1) is 5.82 Å². The van der Waals surface area contributed by atoms with Crippen molar-refractivity contribution in [3.63, 3.8) is 0 Å². The second kappa shape index (κ2) is 7.09. The van der Waals surface area contributed by atoms with Gasteiger partial charge in [-0.3, -0.25) is 0 Å². The van der Waals surface area contributed by atoms with Crippen LogP contribution in [0.25, 0.3) is 0 Å². The normalized spacial score (nSPS) is 12.1. The van der Waals surface area contributed by atoms with Crippen LogP contribution in [0.2, 0.25) is 0 Å². The first-order valence-electron chi connectivity index (χ1n) is 7.03. The lowest BCUT2D eigenvalue weighted by molar-refractivity contribution is 0.290. The van der Waals surface area contributed by atoms with Gasteiger partial charge in [0.2, 0.25) is 0 Å². The maximum Gasteiger partial charge on any atom is 0.165 e. The minimum absolute atomic E-state index is 0.107. The summed E-state index contributed by atoms with van der Waals surface area (Å²) in [6.07, 6.45) is 0. The second-order valence-corrected chi connectivity index (χ2v) is 4.92. The van der Waals surface area contributed by atoms with Crippen molar-refractivity contribution in [1.82, 2.24) is 5.32 Å². The molecule has 4 heteroatoms. The van der Waals surface area contributed by atoms with E-state index < -0.39 is 0 Å². The summed E-state index contributed by atoms with van der Waals surface area (Å²) in [5.74, 6) is 0.0678. The van der Waals surface area contributed by atoms with E-state index in [1.54, 1.807) is 30.3 Å². The minimum Gasteiger partial charge on any atom is -0.508 e. The van der Waals surface area contributed by atoms with Gasteiger partial charge in [-0.25, -0.2) is 4.39 Å². The summed E-state index contributed by atoms with van der Waals surface area (Å²) in [5.41, 5.74) is 1.77. The van der Waals surface area contributed by atoms with Gasteiger partial charge in [0.25, 0.3) is 0 Å². The molecule has 0 aliphatic carbocycles. The number of phenolic OH excluding ortho intramolecular Hbond substituents is 1. The van der Waals surface area contributed by atoms with E-state index in [1.807, 2.05) is 19.9 Å². The van der Waals surface area contributed by atoms with Gasteiger partial charge >= 0.3 is 0 Å². The molecule has 0 amide bonds. The Hall–Kier alpha value is -2.07. The Balaban J connectivity index is 2.02. The highest BCUT2D eigenvalue weighted by Crippen LogP contribution is 2.23. The Morgan fingerprint density at radius 1 is 1.19 bits per heavy atom. The summed E-state index contributed by atoms with van der Waals surface area (Å²) in [7, 11) is 0. The average Bonchev–Trinajstić information content (AvgIpc) is 2.48. The molecule has 0 saturated heterocycles. The molecule has 0 bridgehead atoms. The molecule has 0 aliphatic rings. The van der Waals surface area contributed by atoms with Gasteiger partial charge in [0.15, 0.2) is 11.6 Å². The van der Waals surface area contributed by atoms with Crippen LogP contribution in [0.15, 0.2) is 42.5 Å². The third kappa shape index (κ3) is 4.20. The number of hydrogen-bond donors (Lipinski definition) is 2. The van der Waals surface area contributed by atoms with Crippen molar-refractivity contribution < 1.29 is 14.2 Å². The molecule has 1 atom stereocenters. The number of phenols is 1. The van der Waals surface area contributed by atoms with E-state index in [9.17, 15) is 9.50 Å². The van der Waals surface area contributed by atoms with E-state index in [2.05, 4.69) is 5.32 Å². The molecule has 2 rings (SSSR count). The number of hydrogen-bond acceptors (Lipinski definition) is 3. The van der Waals surface area contributed by atoms with Gasteiger partial charge in [-0.15, -0.1) is 0 Å². The molecule has 0 fully saturated rings. The number of rotatable bonds is 6. The Morgan fingerprint density at radius 3 is 2.52 bits per heavy atom. The Labute approximate surface area is 124 Å². The monoisotopic (exact) mass is 289 g/mol. The predicted molar refractivity (Wildman–Crippen MR) is 80.9 cm³/mol. The summed E-state index contributed by atoms with van der Waals surface area (Å²) in [6, 6.07) is 11.8. The molecular weight excluding hydrogens is 269 g/mol. The van der Waals surface area contributed by atoms with Gasteiger partial charge in [0.1, 0.15) is 12.4 Å². The van der Waals surface area contributed by atoms with Crippen LogP contribution in [-0.2, 0) is 6.61 Å². The van der Waals surface area contributed by atoms with Gasteiger partial charge in [-0.05, 0) is 48.9 Å². The lowest BCUT2D eigenvalue weighted by Gasteiger charge is -2.14. The highest BCUT2D eigenvalue weighted by Gasteiger charge is 2.09. The van der Waals surface area contributed by atoms with Crippen molar-refractivity contribution in [2.75, 3.05) is 6.54 Å². The first kappa shape index (κ1) is 15.3. The largest absolute Gasteiger partial charge is 0.508 e. The lowest BCUT2D eigenvalue weighted by Crippen LogP contribution is -2.17. The van der Waals surface area contributed by atoms with E-state index >= 15 is 0 Å². The Bertz CT molecular complexity index is 584. The number of ether oxygens (including phenoxy) is 1. The number of nitrogens with one attached hydrogen (secondary N) is 1. The molecular formula is C17H20FNO2. The van der Waals surface area contributed by atoms with Gasteiger partial charge in [-0.1, -0.05) is 25.1 Å². The zero-order valence-corrected chi connectivity index (χ0v) is 12.3. The Kier molecular flexibility index (Phi) is 5.17. The third-order valence-corrected chi connectivity index (χ3v) is 3.30. The lowest BCUT2D eigenvalue weighted by atomic mass is 10.1. The summed E-state index contributed by atoms with van der Waals surface area (Å²) in [5, 5.41) is 12.4. The molecule has 0 saturated carbocycles. The van der Waals surface area contributed by atoms with Crippen molar-refractivity contribution in [3.05, 3.63) is 59.4 Å². The molecule has 0 heterocycles. The van der Waals surface area contributed by atoms with Gasteiger partial charge in [-0.2, -0.15) is 0 Å². The van der Waals surface area contributed by atoms with Crippen LogP contribution < -0.4 is 10.1 Å².